The minimum Gasteiger partial charge on any atom is -0.497 e. The van der Waals surface area contributed by atoms with Crippen LogP contribution in [0, 0.1) is 12.7 Å². The van der Waals surface area contributed by atoms with Crippen LogP contribution in [0.3, 0.4) is 0 Å². The fourth-order valence-corrected chi connectivity index (χ4v) is 1.97. The fraction of sp³-hybridized carbons (Fsp3) is 0.357. The second-order valence-corrected chi connectivity index (χ2v) is 4.29. The Balaban J connectivity index is 2.13. The molecule has 0 amide bonds. The molecule has 1 aromatic heterocycles. The van der Waals surface area contributed by atoms with Crippen LogP contribution in [0.15, 0.2) is 24.3 Å². The average molecular weight is 263 g/mol. The first kappa shape index (κ1) is 13.4. The smallest absolute Gasteiger partial charge is 0.146 e. The number of methoxy groups -OCH3 is 1. The van der Waals surface area contributed by atoms with Crippen molar-refractivity contribution in [2.45, 2.75) is 26.9 Å². The van der Waals surface area contributed by atoms with Gasteiger partial charge < -0.3 is 10.1 Å². The van der Waals surface area contributed by atoms with Gasteiger partial charge in [0.15, 0.2) is 0 Å². The number of aryl methyl sites for hydroxylation is 2. The highest BCUT2D eigenvalue weighted by Gasteiger charge is 2.07. The molecule has 0 saturated heterocycles. The van der Waals surface area contributed by atoms with E-state index in [1.165, 1.54) is 6.07 Å². The number of nitrogens with one attached hydrogen (secondary N) is 1. The monoisotopic (exact) mass is 263 g/mol. The Kier molecular flexibility index (Phi) is 4.04. The maximum Gasteiger partial charge on any atom is 0.146 e. The summed E-state index contributed by atoms with van der Waals surface area (Å²) in [5, 5.41) is 7.43. The summed E-state index contributed by atoms with van der Waals surface area (Å²) in [4.78, 5) is 0. The number of anilines is 1. The molecule has 1 aromatic carbocycles. The lowest BCUT2D eigenvalue weighted by molar-refractivity contribution is 0.414. The van der Waals surface area contributed by atoms with Crippen LogP contribution in [0.4, 0.5) is 10.1 Å². The summed E-state index contributed by atoms with van der Waals surface area (Å²) < 4.78 is 20.6. The van der Waals surface area contributed by atoms with Crippen molar-refractivity contribution in [2.75, 3.05) is 12.4 Å². The van der Waals surface area contributed by atoms with Gasteiger partial charge in [-0.3, -0.25) is 4.68 Å². The number of aromatic nitrogens is 2. The van der Waals surface area contributed by atoms with Crippen LogP contribution in [0.25, 0.3) is 0 Å². The summed E-state index contributed by atoms with van der Waals surface area (Å²) in [5.74, 6) is 0.337. The van der Waals surface area contributed by atoms with Crippen molar-refractivity contribution >= 4 is 5.69 Å². The van der Waals surface area contributed by atoms with Crippen LogP contribution < -0.4 is 10.1 Å². The van der Waals surface area contributed by atoms with Gasteiger partial charge in [0.2, 0.25) is 0 Å². The normalized spacial score (nSPS) is 10.5. The van der Waals surface area contributed by atoms with E-state index in [4.69, 9.17) is 4.74 Å². The first-order valence-electron chi connectivity index (χ1n) is 6.24. The minimum absolute atomic E-state index is 0.292. The first-order valence-corrected chi connectivity index (χ1v) is 6.24. The van der Waals surface area contributed by atoms with Crippen molar-refractivity contribution in [1.29, 1.82) is 0 Å². The molecule has 102 valence electrons. The van der Waals surface area contributed by atoms with Crippen LogP contribution in [0.1, 0.15) is 18.3 Å². The number of hydrogen-bond donors (Lipinski definition) is 1. The number of ether oxygens (including phenoxy) is 1. The lowest BCUT2D eigenvalue weighted by Crippen LogP contribution is -2.08. The SMILES string of the molecule is CCn1nc(C)cc1CNc1cc(OC)ccc1F. The summed E-state index contributed by atoms with van der Waals surface area (Å²) in [6.45, 7) is 5.30. The van der Waals surface area contributed by atoms with Gasteiger partial charge >= 0.3 is 0 Å². The highest BCUT2D eigenvalue weighted by molar-refractivity contribution is 5.49. The minimum atomic E-state index is -0.292. The highest BCUT2D eigenvalue weighted by Crippen LogP contribution is 2.21. The first-order chi connectivity index (χ1) is 9.13. The van der Waals surface area contributed by atoms with E-state index in [0.29, 0.717) is 18.0 Å². The highest BCUT2D eigenvalue weighted by atomic mass is 19.1. The van der Waals surface area contributed by atoms with Crippen molar-refractivity contribution in [3.63, 3.8) is 0 Å². The van der Waals surface area contributed by atoms with Crippen molar-refractivity contribution in [3.8, 4) is 5.75 Å². The van der Waals surface area contributed by atoms with Gasteiger partial charge in [-0.2, -0.15) is 5.10 Å². The molecule has 0 radical (unpaired) electrons. The third-order valence-corrected chi connectivity index (χ3v) is 2.92. The van der Waals surface area contributed by atoms with Gasteiger partial charge in [-0.25, -0.2) is 4.39 Å². The van der Waals surface area contributed by atoms with Crippen LogP contribution in [-0.2, 0) is 13.1 Å². The summed E-state index contributed by atoms with van der Waals surface area (Å²) in [6, 6.07) is 6.63. The van der Waals surface area contributed by atoms with Crippen LogP contribution >= 0.6 is 0 Å². The molecule has 5 heteroatoms. The summed E-state index contributed by atoms with van der Waals surface area (Å²) in [7, 11) is 1.56. The number of nitrogens with zero attached hydrogens (tertiary/aromatic N) is 2. The Morgan fingerprint density at radius 2 is 2.16 bits per heavy atom. The molecule has 1 N–H and O–H groups in total. The van der Waals surface area contributed by atoms with Crippen LogP contribution in [-0.4, -0.2) is 16.9 Å². The third kappa shape index (κ3) is 3.05. The Bertz CT molecular complexity index is 566. The van der Waals surface area contributed by atoms with Gasteiger partial charge in [-0.1, -0.05) is 0 Å². The average Bonchev–Trinajstić information content (AvgIpc) is 2.78. The summed E-state index contributed by atoms with van der Waals surface area (Å²) in [5.41, 5.74) is 2.42. The Labute approximate surface area is 112 Å². The van der Waals surface area contributed by atoms with E-state index in [1.807, 2.05) is 24.6 Å². The van der Waals surface area contributed by atoms with E-state index in [2.05, 4.69) is 10.4 Å². The lowest BCUT2D eigenvalue weighted by atomic mass is 10.2. The number of rotatable bonds is 5. The van der Waals surface area contributed by atoms with E-state index < -0.39 is 0 Å². The standard InChI is InChI=1S/C14H18FN3O/c1-4-18-11(7-10(2)17-18)9-16-14-8-12(19-3)5-6-13(14)15/h5-8,16H,4,9H2,1-3H3. The van der Waals surface area contributed by atoms with Gasteiger partial charge in [-0.05, 0) is 32.0 Å². The van der Waals surface area contributed by atoms with Crippen molar-refractivity contribution in [3.05, 3.63) is 41.5 Å². The molecule has 19 heavy (non-hydrogen) atoms. The zero-order chi connectivity index (χ0) is 13.8. The van der Waals surface area contributed by atoms with Gasteiger partial charge in [0.1, 0.15) is 11.6 Å². The molecule has 0 unspecified atom stereocenters. The molecule has 2 rings (SSSR count). The molecule has 0 aliphatic rings. The molecule has 0 bridgehead atoms. The number of hydrogen-bond acceptors (Lipinski definition) is 3. The van der Waals surface area contributed by atoms with E-state index >= 15 is 0 Å². The molecule has 2 aromatic rings. The predicted octanol–water partition coefficient (Wildman–Crippen LogP) is 2.97. The van der Waals surface area contributed by atoms with E-state index in [0.717, 1.165) is 17.9 Å². The molecular formula is C14H18FN3O. The second kappa shape index (κ2) is 5.73. The van der Waals surface area contributed by atoms with Gasteiger partial charge in [-0.15, -0.1) is 0 Å². The second-order valence-electron chi connectivity index (χ2n) is 4.29. The molecular weight excluding hydrogens is 245 g/mol. The molecule has 4 nitrogen and oxygen atoms in total. The molecule has 0 aliphatic carbocycles. The molecule has 0 atom stereocenters. The van der Waals surface area contributed by atoms with Crippen LogP contribution in [0.2, 0.25) is 0 Å². The maximum atomic E-state index is 13.7. The Hall–Kier alpha value is -2.04. The number of benzene rings is 1. The maximum absolute atomic E-state index is 13.7. The van der Waals surface area contributed by atoms with Gasteiger partial charge in [0.05, 0.1) is 30.7 Å². The lowest BCUT2D eigenvalue weighted by Gasteiger charge is -2.10. The van der Waals surface area contributed by atoms with E-state index in [9.17, 15) is 4.39 Å². The zero-order valence-electron chi connectivity index (χ0n) is 11.4. The molecule has 0 spiro atoms. The Morgan fingerprint density at radius 3 is 2.84 bits per heavy atom. The summed E-state index contributed by atoms with van der Waals surface area (Å²) in [6.07, 6.45) is 0. The number of halogens is 1. The quantitative estimate of drug-likeness (QED) is 0.901. The van der Waals surface area contributed by atoms with E-state index in [1.54, 1.807) is 19.2 Å². The largest absolute Gasteiger partial charge is 0.497 e. The predicted molar refractivity (Wildman–Crippen MR) is 72.9 cm³/mol. The van der Waals surface area contributed by atoms with Gasteiger partial charge in [0, 0.05) is 12.6 Å². The Morgan fingerprint density at radius 1 is 1.37 bits per heavy atom. The molecule has 0 aliphatic heterocycles. The zero-order valence-corrected chi connectivity index (χ0v) is 11.4. The van der Waals surface area contributed by atoms with Crippen molar-refractivity contribution in [1.82, 2.24) is 9.78 Å². The van der Waals surface area contributed by atoms with E-state index in [-0.39, 0.29) is 5.82 Å². The fourth-order valence-electron chi connectivity index (χ4n) is 1.97. The van der Waals surface area contributed by atoms with Crippen LogP contribution in [0.5, 0.6) is 5.75 Å². The van der Waals surface area contributed by atoms with Crippen molar-refractivity contribution < 1.29 is 9.13 Å². The van der Waals surface area contributed by atoms with Crippen molar-refractivity contribution in [2.24, 2.45) is 0 Å². The molecule has 0 saturated carbocycles. The summed E-state index contributed by atoms with van der Waals surface area (Å²) >= 11 is 0. The topological polar surface area (TPSA) is 39.1 Å². The molecule has 0 fully saturated rings. The van der Waals surface area contributed by atoms with Gasteiger partial charge in [0.25, 0.3) is 0 Å². The third-order valence-electron chi connectivity index (χ3n) is 2.92. The molecule has 1 heterocycles.